The van der Waals surface area contributed by atoms with Crippen LogP contribution in [0.15, 0.2) is 12.1 Å². The summed E-state index contributed by atoms with van der Waals surface area (Å²) in [6.07, 6.45) is 0. The summed E-state index contributed by atoms with van der Waals surface area (Å²) in [6, 6.07) is 3.10. The van der Waals surface area contributed by atoms with Crippen LogP contribution in [0.2, 0.25) is 10.2 Å². The number of hydrogen-bond acceptors (Lipinski definition) is 3. The van der Waals surface area contributed by atoms with Gasteiger partial charge < -0.3 is 9.80 Å². The summed E-state index contributed by atoms with van der Waals surface area (Å²) in [5, 5.41) is 0.515. The predicted molar refractivity (Wildman–Crippen MR) is 81.6 cm³/mol. The molecular weight excluding hydrogens is 313 g/mol. The Morgan fingerprint density at radius 1 is 1.10 bits per heavy atom. The van der Waals surface area contributed by atoms with Gasteiger partial charge in [-0.2, -0.15) is 0 Å². The number of carbonyl (C=O) groups is 2. The maximum Gasteiger partial charge on any atom is 0.274 e. The van der Waals surface area contributed by atoms with Gasteiger partial charge in [0, 0.05) is 32.1 Å². The molecule has 1 aliphatic rings. The molecule has 0 aromatic carbocycles. The average molecular weight is 330 g/mol. The molecule has 0 aliphatic carbocycles. The van der Waals surface area contributed by atoms with Crippen molar-refractivity contribution in [3.63, 3.8) is 0 Å². The molecule has 1 aromatic rings. The molecule has 1 aliphatic heterocycles. The van der Waals surface area contributed by atoms with Crippen LogP contribution in [0.25, 0.3) is 0 Å². The highest BCUT2D eigenvalue weighted by atomic mass is 35.5. The fourth-order valence-electron chi connectivity index (χ4n) is 2.21. The van der Waals surface area contributed by atoms with Gasteiger partial charge in [-0.1, -0.05) is 37.0 Å². The minimum absolute atomic E-state index is 0.0312. The van der Waals surface area contributed by atoms with Crippen molar-refractivity contribution in [1.82, 2.24) is 14.8 Å². The van der Waals surface area contributed by atoms with E-state index in [4.69, 9.17) is 23.2 Å². The third kappa shape index (κ3) is 3.66. The second-order valence-electron chi connectivity index (χ2n) is 5.24. The molecule has 1 aromatic heterocycles. The molecule has 5 nitrogen and oxygen atoms in total. The van der Waals surface area contributed by atoms with Crippen molar-refractivity contribution in [2.75, 3.05) is 26.2 Å². The Bertz CT molecular complexity index is 555. The van der Waals surface area contributed by atoms with Gasteiger partial charge in [-0.3, -0.25) is 9.59 Å². The molecule has 114 valence electrons. The van der Waals surface area contributed by atoms with Crippen LogP contribution >= 0.6 is 23.2 Å². The molecule has 0 bridgehead atoms. The van der Waals surface area contributed by atoms with Gasteiger partial charge in [0.15, 0.2) is 0 Å². The lowest BCUT2D eigenvalue weighted by Gasteiger charge is -2.35. The van der Waals surface area contributed by atoms with Crippen molar-refractivity contribution in [2.45, 2.75) is 13.8 Å². The molecule has 0 radical (unpaired) electrons. The standard InChI is InChI=1S/C14H17Cl2N3O2/c1-9(2)13(20)18-5-7-19(8-6-18)14(21)12-10(15)3-4-11(16)17-12/h3-4,9H,5-8H2,1-2H3. The van der Waals surface area contributed by atoms with Crippen LogP contribution in [0.3, 0.4) is 0 Å². The molecule has 0 saturated carbocycles. The van der Waals surface area contributed by atoms with E-state index in [1.165, 1.54) is 0 Å². The molecule has 21 heavy (non-hydrogen) atoms. The Morgan fingerprint density at radius 3 is 2.24 bits per heavy atom. The minimum atomic E-state index is -0.251. The predicted octanol–water partition coefficient (Wildman–Crippen LogP) is 2.33. The molecule has 7 heteroatoms. The quantitative estimate of drug-likeness (QED) is 0.782. The van der Waals surface area contributed by atoms with E-state index in [2.05, 4.69) is 4.98 Å². The lowest BCUT2D eigenvalue weighted by Crippen LogP contribution is -2.51. The SMILES string of the molecule is CC(C)C(=O)N1CCN(C(=O)c2nc(Cl)ccc2Cl)CC1. The summed E-state index contributed by atoms with van der Waals surface area (Å²) in [5.41, 5.74) is 0.160. The smallest absolute Gasteiger partial charge is 0.274 e. The second-order valence-corrected chi connectivity index (χ2v) is 6.03. The van der Waals surface area contributed by atoms with Crippen LogP contribution in [-0.4, -0.2) is 52.8 Å². The Kier molecular flexibility index (Phi) is 5.06. The van der Waals surface area contributed by atoms with Crippen LogP contribution in [0, 0.1) is 5.92 Å². The van der Waals surface area contributed by atoms with Gasteiger partial charge in [-0.15, -0.1) is 0 Å². The fourth-order valence-corrected chi connectivity index (χ4v) is 2.55. The minimum Gasteiger partial charge on any atom is -0.339 e. The first kappa shape index (κ1) is 16.0. The molecule has 0 N–H and O–H groups in total. The van der Waals surface area contributed by atoms with Crippen LogP contribution < -0.4 is 0 Å². The van der Waals surface area contributed by atoms with Crippen LogP contribution in [0.1, 0.15) is 24.3 Å². The van der Waals surface area contributed by atoms with E-state index in [-0.39, 0.29) is 33.6 Å². The molecule has 1 saturated heterocycles. The number of aromatic nitrogens is 1. The van der Waals surface area contributed by atoms with Gasteiger partial charge in [0.1, 0.15) is 10.8 Å². The molecule has 2 rings (SSSR count). The summed E-state index contributed by atoms with van der Waals surface area (Å²) in [5.74, 6) is -0.170. The molecule has 2 amide bonds. The second kappa shape index (κ2) is 6.62. The Hall–Kier alpha value is -1.33. The topological polar surface area (TPSA) is 53.5 Å². The van der Waals surface area contributed by atoms with E-state index in [9.17, 15) is 9.59 Å². The van der Waals surface area contributed by atoms with Gasteiger partial charge in [-0.05, 0) is 12.1 Å². The highest BCUT2D eigenvalue weighted by Crippen LogP contribution is 2.19. The zero-order valence-corrected chi connectivity index (χ0v) is 13.5. The van der Waals surface area contributed by atoms with E-state index >= 15 is 0 Å². The zero-order valence-electron chi connectivity index (χ0n) is 12.0. The van der Waals surface area contributed by atoms with Crippen molar-refractivity contribution in [3.05, 3.63) is 28.0 Å². The van der Waals surface area contributed by atoms with Gasteiger partial charge in [-0.25, -0.2) is 4.98 Å². The Balaban J connectivity index is 2.03. The molecule has 2 heterocycles. The monoisotopic (exact) mass is 329 g/mol. The molecule has 0 unspecified atom stereocenters. The fraction of sp³-hybridized carbons (Fsp3) is 0.500. The number of pyridine rings is 1. The third-order valence-corrected chi connectivity index (χ3v) is 3.90. The van der Waals surface area contributed by atoms with Gasteiger partial charge in [0.05, 0.1) is 5.02 Å². The summed E-state index contributed by atoms with van der Waals surface area (Å²) in [4.78, 5) is 31.7. The number of hydrogen-bond donors (Lipinski definition) is 0. The van der Waals surface area contributed by atoms with E-state index < -0.39 is 0 Å². The number of amides is 2. The van der Waals surface area contributed by atoms with Gasteiger partial charge in [0.2, 0.25) is 5.91 Å². The lowest BCUT2D eigenvalue weighted by molar-refractivity contribution is -0.135. The van der Waals surface area contributed by atoms with E-state index in [0.29, 0.717) is 26.2 Å². The Labute approximate surface area is 133 Å². The van der Waals surface area contributed by atoms with E-state index in [0.717, 1.165) is 0 Å². The number of rotatable bonds is 2. The van der Waals surface area contributed by atoms with Crippen molar-refractivity contribution in [2.24, 2.45) is 5.92 Å². The number of piperazine rings is 1. The van der Waals surface area contributed by atoms with Crippen molar-refractivity contribution >= 4 is 35.0 Å². The molecule has 0 spiro atoms. The average Bonchev–Trinajstić information content (AvgIpc) is 2.48. The first-order valence-corrected chi connectivity index (χ1v) is 7.56. The van der Waals surface area contributed by atoms with Crippen LogP contribution in [0.4, 0.5) is 0 Å². The van der Waals surface area contributed by atoms with Crippen molar-refractivity contribution in [3.8, 4) is 0 Å². The van der Waals surface area contributed by atoms with E-state index in [1.807, 2.05) is 13.8 Å². The van der Waals surface area contributed by atoms with Crippen LogP contribution in [-0.2, 0) is 4.79 Å². The summed E-state index contributed by atoms with van der Waals surface area (Å²) < 4.78 is 0. The normalized spacial score (nSPS) is 15.5. The summed E-state index contributed by atoms with van der Waals surface area (Å²) >= 11 is 11.8. The van der Waals surface area contributed by atoms with Gasteiger partial charge in [0.25, 0.3) is 5.91 Å². The summed E-state index contributed by atoms with van der Waals surface area (Å²) in [7, 11) is 0. The maximum absolute atomic E-state index is 12.4. The van der Waals surface area contributed by atoms with Crippen molar-refractivity contribution < 1.29 is 9.59 Å². The van der Waals surface area contributed by atoms with Crippen molar-refractivity contribution in [1.29, 1.82) is 0 Å². The third-order valence-electron chi connectivity index (χ3n) is 3.39. The molecule has 1 fully saturated rings. The van der Waals surface area contributed by atoms with Gasteiger partial charge >= 0.3 is 0 Å². The Morgan fingerprint density at radius 2 is 1.67 bits per heavy atom. The largest absolute Gasteiger partial charge is 0.339 e. The van der Waals surface area contributed by atoms with E-state index in [1.54, 1.807) is 21.9 Å². The maximum atomic E-state index is 12.4. The molecular formula is C14H17Cl2N3O2. The van der Waals surface area contributed by atoms with Crippen LogP contribution in [0.5, 0.6) is 0 Å². The lowest BCUT2D eigenvalue weighted by atomic mass is 10.1. The number of nitrogens with zero attached hydrogens (tertiary/aromatic N) is 3. The summed E-state index contributed by atoms with van der Waals surface area (Å²) in [6.45, 7) is 5.75. The number of carbonyl (C=O) groups excluding carboxylic acids is 2. The zero-order chi connectivity index (χ0) is 15.6. The number of halogens is 2. The first-order chi connectivity index (χ1) is 9.90. The highest BCUT2D eigenvalue weighted by Gasteiger charge is 2.27. The first-order valence-electron chi connectivity index (χ1n) is 6.80. The highest BCUT2D eigenvalue weighted by molar-refractivity contribution is 6.34. The molecule has 0 atom stereocenters.